The number of aromatic nitrogens is 1. The number of rotatable bonds is 5. The molecule has 25 heavy (non-hydrogen) atoms. The van der Waals surface area contributed by atoms with Gasteiger partial charge in [-0.1, -0.05) is 25.7 Å². The van der Waals surface area contributed by atoms with E-state index in [2.05, 4.69) is 41.6 Å². The molecule has 0 aromatic carbocycles. The van der Waals surface area contributed by atoms with Gasteiger partial charge in [0.15, 0.2) is 0 Å². The number of thiophene rings is 1. The maximum absolute atomic E-state index is 11.5. The fourth-order valence-corrected chi connectivity index (χ4v) is 4.17. The lowest BCUT2D eigenvalue weighted by Gasteiger charge is -2.31. The predicted molar refractivity (Wildman–Crippen MR) is 104 cm³/mol. The fourth-order valence-electron chi connectivity index (χ4n) is 3.07. The molecule has 0 saturated carbocycles. The van der Waals surface area contributed by atoms with Crippen molar-refractivity contribution in [2.45, 2.75) is 33.2 Å². The molecule has 0 saturated heterocycles. The van der Waals surface area contributed by atoms with Crippen LogP contribution >= 0.6 is 11.3 Å². The van der Waals surface area contributed by atoms with E-state index in [9.17, 15) is 4.79 Å². The Kier molecular flexibility index (Phi) is 5.04. The summed E-state index contributed by atoms with van der Waals surface area (Å²) in [5.74, 6) is -0.333. The summed E-state index contributed by atoms with van der Waals surface area (Å²) < 4.78 is 0. The molecule has 5 heteroatoms. The summed E-state index contributed by atoms with van der Waals surface area (Å²) in [6.45, 7) is 10.0. The first-order chi connectivity index (χ1) is 12.0. The second kappa shape index (κ2) is 7.23. The van der Waals surface area contributed by atoms with Crippen LogP contribution in [0.15, 0.2) is 30.3 Å². The van der Waals surface area contributed by atoms with Crippen LogP contribution in [0.1, 0.15) is 51.0 Å². The van der Waals surface area contributed by atoms with Gasteiger partial charge in [-0.25, -0.2) is 0 Å². The molecule has 1 amide bonds. The van der Waals surface area contributed by atoms with Crippen LogP contribution in [-0.4, -0.2) is 22.3 Å². The van der Waals surface area contributed by atoms with E-state index in [4.69, 9.17) is 5.73 Å². The molecule has 0 atom stereocenters. The first-order valence-corrected chi connectivity index (χ1v) is 9.35. The molecule has 1 aliphatic heterocycles. The Morgan fingerprint density at radius 1 is 1.52 bits per heavy atom. The van der Waals surface area contributed by atoms with Gasteiger partial charge in [-0.2, -0.15) is 0 Å². The number of pyridine rings is 1. The molecule has 0 radical (unpaired) electrons. The molecule has 0 bridgehead atoms. The van der Waals surface area contributed by atoms with Crippen LogP contribution in [0.2, 0.25) is 0 Å². The van der Waals surface area contributed by atoms with Crippen molar-refractivity contribution in [2.75, 3.05) is 6.54 Å². The van der Waals surface area contributed by atoms with Crippen LogP contribution in [0, 0.1) is 6.92 Å². The standard InChI is InChI=1S/C20H23N3OS/c1-4-5-6-15-9-16(10-22-13(15)2)14(3)23-8-7-17-18(20(21)24)12-25-19(17)11-23/h5-6,9-10,12H,3-4,7-8,11H2,1-2H3,(H2,21,24)/b6-5-. The van der Waals surface area contributed by atoms with Crippen molar-refractivity contribution in [3.8, 4) is 0 Å². The molecule has 2 aromatic rings. The summed E-state index contributed by atoms with van der Waals surface area (Å²) >= 11 is 1.60. The van der Waals surface area contributed by atoms with E-state index in [1.54, 1.807) is 11.3 Å². The van der Waals surface area contributed by atoms with Gasteiger partial charge in [-0.3, -0.25) is 9.78 Å². The van der Waals surface area contributed by atoms with Gasteiger partial charge in [0.1, 0.15) is 0 Å². The van der Waals surface area contributed by atoms with Crippen LogP contribution < -0.4 is 5.73 Å². The average Bonchev–Trinajstić information content (AvgIpc) is 3.03. The van der Waals surface area contributed by atoms with Gasteiger partial charge in [-0.15, -0.1) is 11.3 Å². The highest BCUT2D eigenvalue weighted by atomic mass is 32.1. The van der Waals surface area contributed by atoms with Crippen molar-refractivity contribution in [2.24, 2.45) is 5.73 Å². The first-order valence-electron chi connectivity index (χ1n) is 8.47. The van der Waals surface area contributed by atoms with E-state index >= 15 is 0 Å². The van der Waals surface area contributed by atoms with Crippen LogP contribution in [0.3, 0.4) is 0 Å². The van der Waals surface area contributed by atoms with E-state index in [1.165, 1.54) is 4.88 Å². The van der Waals surface area contributed by atoms with Gasteiger partial charge < -0.3 is 10.6 Å². The van der Waals surface area contributed by atoms with Gasteiger partial charge in [0.2, 0.25) is 5.91 Å². The second-order valence-corrected chi connectivity index (χ2v) is 7.21. The highest BCUT2D eigenvalue weighted by molar-refractivity contribution is 7.10. The summed E-state index contributed by atoms with van der Waals surface area (Å²) in [6, 6.07) is 2.15. The maximum atomic E-state index is 11.5. The third-order valence-corrected chi connectivity index (χ3v) is 5.60. The minimum absolute atomic E-state index is 0.333. The number of carbonyl (C=O) groups is 1. The largest absolute Gasteiger partial charge is 0.366 e. The summed E-state index contributed by atoms with van der Waals surface area (Å²) in [6.07, 6.45) is 7.96. The Labute approximate surface area is 152 Å². The number of allylic oxidation sites excluding steroid dienone is 1. The quantitative estimate of drug-likeness (QED) is 0.884. The minimum Gasteiger partial charge on any atom is -0.366 e. The van der Waals surface area contributed by atoms with Crippen LogP contribution in [-0.2, 0) is 13.0 Å². The lowest BCUT2D eigenvalue weighted by atomic mass is 10.0. The fraction of sp³-hybridized carbons (Fsp3) is 0.300. The molecule has 0 unspecified atom stereocenters. The van der Waals surface area contributed by atoms with Crippen molar-refractivity contribution < 1.29 is 4.79 Å². The average molecular weight is 353 g/mol. The number of amides is 1. The van der Waals surface area contributed by atoms with Crippen LogP contribution in [0.25, 0.3) is 11.8 Å². The zero-order chi connectivity index (χ0) is 18.0. The van der Waals surface area contributed by atoms with E-state index in [-0.39, 0.29) is 5.91 Å². The lowest BCUT2D eigenvalue weighted by Crippen LogP contribution is -2.29. The van der Waals surface area contributed by atoms with E-state index < -0.39 is 0 Å². The molecule has 3 heterocycles. The number of carbonyl (C=O) groups excluding carboxylic acids is 1. The second-order valence-electron chi connectivity index (χ2n) is 6.24. The molecule has 2 N–H and O–H groups in total. The molecule has 3 rings (SSSR count). The number of aryl methyl sites for hydroxylation is 1. The number of hydrogen-bond donors (Lipinski definition) is 1. The topological polar surface area (TPSA) is 59.2 Å². The Morgan fingerprint density at radius 2 is 2.32 bits per heavy atom. The molecule has 4 nitrogen and oxygen atoms in total. The van der Waals surface area contributed by atoms with Crippen molar-refractivity contribution >= 4 is 29.0 Å². The number of primary amides is 1. The first kappa shape index (κ1) is 17.4. The summed E-state index contributed by atoms with van der Waals surface area (Å²) in [4.78, 5) is 19.5. The maximum Gasteiger partial charge on any atom is 0.249 e. The zero-order valence-corrected chi connectivity index (χ0v) is 15.5. The lowest BCUT2D eigenvalue weighted by molar-refractivity contribution is 0.0999. The monoisotopic (exact) mass is 353 g/mol. The third kappa shape index (κ3) is 3.51. The van der Waals surface area contributed by atoms with Gasteiger partial charge in [-0.05, 0) is 37.0 Å². The molecule has 0 fully saturated rings. The van der Waals surface area contributed by atoms with Crippen LogP contribution in [0.4, 0.5) is 0 Å². The van der Waals surface area contributed by atoms with Gasteiger partial charge in [0.05, 0.1) is 12.1 Å². The number of nitrogens with zero attached hydrogens (tertiary/aromatic N) is 2. The van der Waals surface area contributed by atoms with Gasteiger partial charge in [0.25, 0.3) is 0 Å². The molecule has 2 aromatic heterocycles. The number of fused-ring (bicyclic) bond motifs is 1. The highest BCUT2D eigenvalue weighted by Crippen LogP contribution is 2.32. The number of nitrogens with two attached hydrogens (primary N) is 1. The van der Waals surface area contributed by atoms with Crippen molar-refractivity contribution in [1.82, 2.24) is 9.88 Å². The molecular formula is C20H23N3OS. The Balaban J connectivity index is 1.82. The minimum atomic E-state index is -0.333. The zero-order valence-electron chi connectivity index (χ0n) is 14.7. The van der Waals surface area contributed by atoms with E-state index in [0.29, 0.717) is 5.56 Å². The SMILES string of the molecule is C=C(c1cnc(C)c(/C=C\CC)c1)N1CCc2c(C(N)=O)csc2C1. The normalized spacial score (nSPS) is 13.9. The van der Waals surface area contributed by atoms with Gasteiger partial charge >= 0.3 is 0 Å². The smallest absolute Gasteiger partial charge is 0.249 e. The van der Waals surface area contributed by atoms with E-state index in [1.807, 2.05) is 18.5 Å². The Hall–Kier alpha value is -2.40. The van der Waals surface area contributed by atoms with Crippen molar-refractivity contribution in [1.29, 1.82) is 0 Å². The summed E-state index contributed by atoms with van der Waals surface area (Å²) in [5, 5.41) is 1.88. The molecule has 1 aliphatic rings. The van der Waals surface area contributed by atoms with Crippen molar-refractivity contribution in [3.63, 3.8) is 0 Å². The Morgan fingerprint density at radius 3 is 3.04 bits per heavy atom. The highest BCUT2D eigenvalue weighted by Gasteiger charge is 2.24. The summed E-state index contributed by atoms with van der Waals surface area (Å²) in [5.41, 5.74) is 11.4. The third-order valence-electron chi connectivity index (χ3n) is 4.59. The summed E-state index contributed by atoms with van der Waals surface area (Å²) in [7, 11) is 0. The predicted octanol–water partition coefficient (Wildman–Crippen LogP) is 4.00. The Bertz CT molecular complexity index is 851. The van der Waals surface area contributed by atoms with Crippen LogP contribution in [0.5, 0.6) is 0 Å². The molecule has 0 aliphatic carbocycles. The number of hydrogen-bond acceptors (Lipinski definition) is 4. The molecular weight excluding hydrogens is 330 g/mol. The molecule has 130 valence electrons. The molecule has 0 spiro atoms. The van der Waals surface area contributed by atoms with E-state index in [0.717, 1.165) is 54.0 Å². The van der Waals surface area contributed by atoms with Crippen molar-refractivity contribution in [3.05, 3.63) is 63.1 Å². The van der Waals surface area contributed by atoms with Gasteiger partial charge in [0, 0.05) is 40.0 Å².